The highest BCUT2D eigenvalue weighted by Gasteiger charge is 2.50. The summed E-state index contributed by atoms with van der Waals surface area (Å²) in [6.07, 6.45) is 8.50. The van der Waals surface area contributed by atoms with Gasteiger partial charge in [-0.05, 0) is 68.9 Å². The van der Waals surface area contributed by atoms with Crippen molar-refractivity contribution in [2.75, 3.05) is 24.5 Å². The maximum Gasteiger partial charge on any atom is 0.0789 e. The number of likely N-dealkylation sites (tertiary alicyclic amines) is 1. The van der Waals surface area contributed by atoms with Crippen LogP contribution in [0.1, 0.15) is 58.8 Å². The molecule has 1 atom stereocenters. The lowest BCUT2D eigenvalue weighted by atomic mass is 9.77. The van der Waals surface area contributed by atoms with Gasteiger partial charge in [-0.25, -0.2) is 0 Å². The minimum Gasteiger partial charge on any atom is -0.391 e. The summed E-state index contributed by atoms with van der Waals surface area (Å²) >= 11 is 0. The van der Waals surface area contributed by atoms with Crippen molar-refractivity contribution in [1.29, 1.82) is 0 Å². The Hall–Kier alpha value is -0.770. The third-order valence-corrected chi connectivity index (χ3v) is 7.72. The van der Waals surface area contributed by atoms with E-state index in [0.717, 1.165) is 56.8 Å². The minimum absolute atomic E-state index is 0. The maximum absolute atomic E-state index is 10.9. The largest absolute Gasteiger partial charge is 0.391 e. The lowest BCUT2D eigenvalue weighted by Gasteiger charge is -2.50. The number of hydrogen-bond donors (Lipinski definition) is 1. The van der Waals surface area contributed by atoms with Crippen molar-refractivity contribution in [3.63, 3.8) is 0 Å². The van der Waals surface area contributed by atoms with Gasteiger partial charge in [-0.15, -0.1) is 12.4 Å². The highest BCUT2D eigenvalue weighted by Crippen LogP contribution is 2.43. The number of anilines is 1. The number of rotatable bonds is 3. The van der Waals surface area contributed by atoms with Crippen LogP contribution < -0.4 is 4.90 Å². The first kappa shape index (κ1) is 21.0. The van der Waals surface area contributed by atoms with Crippen LogP contribution in [0.4, 0.5) is 5.69 Å². The molecule has 1 saturated carbocycles. The summed E-state index contributed by atoms with van der Waals surface area (Å²) in [4.78, 5) is 5.26. The second-order valence-electron chi connectivity index (χ2n) is 9.24. The second kappa shape index (κ2) is 8.71. The zero-order chi connectivity index (χ0) is 18.1. The zero-order valence-electron chi connectivity index (χ0n) is 17.0. The molecule has 1 aromatic rings. The van der Waals surface area contributed by atoms with Crippen LogP contribution in [-0.4, -0.2) is 47.3 Å². The summed E-state index contributed by atoms with van der Waals surface area (Å²) in [6.45, 7) is 8.06. The van der Waals surface area contributed by atoms with Gasteiger partial charge in [0.2, 0.25) is 0 Å². The maximum atomic E-state index is 10.9. The van der Waals surface area contributed by atoms with Gasteiger partial charge in [-0.3, -0.25) is 0 Å². The molecule has 4 rings (SSSR count). The molecule has 0 amide bonds. The van der Waals surface area contributed by atoms with Crippen LogP contribution in [0.3, 0.4) is 0 Å². The molecule has 27 heavy (non-hydrogen) atoms. The van der Waals surface area contributed by atoms with Gasteiger partial charge in [0.25, 0.3) is 0 Å². The molecule has 3 nitrogen and oxygen atoms in total. The van der Waals surface area contributed by atoms with E-state index >= 15 is 0 Å². The predicted molar refractivity (Wildman–Crippen MR) is 116 cm³/mol. The zero-order valence-corrected chi connectivity index (χ0v) is 17.8. The van der Waals surface area contributed by atoms with Gasteiger partial charge >= 0.3 is 0 Å². The third-order valence-electron chi connectivity index (χ3n) is 7.72. The molecule has 2 saturated heterocycles. The van der Waals surface area contributed by atoms with Crippen LogP contribution in [0.2, 0.25) is 0 Å². The van der Waals surface area contributed by atoms with Crippen LogP contribution in [0, 0.1) is 11.8 Å². The van der Waals surface area contributed by atoms with Gasteiger partial charge < -0.3 is 14.9 Å². The molecular weight excluding hydrogens is 356 g/mol. The number of para-hydroxylation sites is 1. The van der Waals surface area contributed by atoms with Crippen molar-refractivity contribution in [2.24, 2.45) is 11.8 Å². The van der Waals surface area contributed by atoms with E-state index in [2.05, 4.69) is 54.0 Å². The Morgan fingerprint density at radius 1 is 0.926 bits per heavy atom. The van der Waals surface area contributed by atoms with Gasteiger partial charge in [0.05, 0.1) is 11.6 Å². The van der Waals surface area contributed by atoms with Crippen LogP contribution >= 0.6 is 12.4 Å². The van der Waals surface area contributed by atoms with E-state index in [0.29, 0.717) is 0 Å². The second-order valence-corrected chi connectivity index (χ2v) is 9.24. The number of piperidine rings is 1. The van der Waals surface area contributed by atoms with E-state index in [9.17, 15) is 5.11 Å². The van der Waals surface area contributed by atoms with Gasteiger partial charge in [0.1, 0.15) is 0 Å². The minimum atomic E-state index is -0.179. The van der Waals surface area contributed by atoms with Gasteiger partial charge in [0.15, 0.2) is 0 Å². The van der Waals surface area contributed by atoms with E-state index in [1.54, 1.807) is 0 Å². The topological polar surface area (TPSA) is 26.7 Å². The Kier molecular flexibility index (Phi) is 6.76. The normalized spacial score (nSPS) is 31.3. The molecule has 0 bridgehead atoms. The van der Waals surface area contributed by atoms with Crippen LogP contribution in [0.15, 0.2) is 30.3 Å². The van der Waals surface area contributed by atoms with Crippen molar-refractivity contribution < 1.29 is 5.11 Å². The third kappa shape index (κ3) is 4.02. The highest BCUT2D eigenvalue weighted by molar-refractivity contribution is 5.85. The number of benzene rings is 1. The SMILES string of the molecule is CC(C)[C@H]1CC[C@@H](N2CCC3(CC2)C(O)CCN3c2ccccc2)CC1.Cl. The summed E-state index contributed by atoms with van der Waals surface area (Å²) < 4.78 is 0. The Bertz CT molecular complexity index is 577. The molecule has 1 N–H and O–H groups in total. The van der Waals surface area contributed by atoms with E-state index in [4.69, 9.17) is 0 Å². The Balaban J connectivity index is 0.00000210. The van der Waals surface area contributed by atoms with Crippen molar-refractivity contribution in [1.82, 2.24) is 4.90 Å². The number of aliphatic hydroxyl groups excluding tert-OH is 1. The van der Waals surface area contributed by atoms with E-state index in [-0.39, 0.29) is 24.0 Å². The lowest BCUT2D eigenvalue weighted by Crippen LogP contribution is -2.59. The molecule has 1 aromatic carbocycles. The Morgan fingerprint density at radius 2 is 1.56 bits per heavy atom. The molecule has 2 aliphatic heterocycles. The Labute approximate surface area is 171 Å². The molecule has 1 unspecified atom stereocenters. The fraction of sp³-hybridized carbons (Fsp3) is 0.739. The average Bonchev–Trinajstić information content (AvgIpc) is 2.99. The first-order chi connectivity index (χ1) is 12.6. The summed E-state index contributed by atoms with van der Waals surface area (Å²) in [7, 11) is 0. The molecule has 0 aromatic heterocycles. The monoisotopic (exact) mass is 392 g/mol. The van der Waals surface area contributed by atoms with Crippen molar-refractivity contribution >= 4 is 18.1 Å². The number of aliphatic hydroxyl groups is 1. The number of nitrogens with zero attached hydrogens (tertiary/aromatic N) is 2. The molecule has 1 aliphatic carbocycles. The summed E-state index contributed by atoms with van der Waals surface area (Å²) in [5.74, 6) is 1.78. The smallest absolute Gasteiger partial charge is 0.0789 e. The molecule has 3 fully saturated rings. The molecule has 152 valence electrons. The van der Waals surface area contributed by atoms with Crippen molar-refractivity contribution in [3.8, 4) is 0 Å². The number of hydrogen-bond acceptors (Lipinski definition) is 3. The van der Waals surface area contributed by atoms with Crippen LogP contribution in [0.5, 0.6) is 0 Å². The fourth-order valence-corrected chi connectivity index (χ4v) is 5.93. The standard InChI is InChI=1S/C23H36N2O.ClH/c1-18(2)19-8-10-20(11-9-19)24-16-13-23(14-17-24)22(26)12-15-25(23)21-6-4-3-5-7-21;/h3-7,18-20,22,26H,8-17H2,1-2H3;1H/t19-,20+,22?;. The Morgan fingerprint density at radius 3 is 2.15 bits per heavy atom. The van der Waals surface area contributed by atoms with Gasteiger partial charge in [-0.2, -0.15) is 0 Å². The molecule has 0 radical (unpaired) electrons. The summed E-state index contributed by atoms with van der Waals surface area (Å²) in [6, 6.07) is 11.5. The lowest BCUT2D eigenvalue weighted by molar-refractivity contribution is 0.0290. The van der Waals surface area contributed by atoms with E-state index < -0.39 is 0 Å². The molecule has 3 aliphatic rings. The van der Waals surface area contributed by atoms with Crippen molar-refractivity contribution in [2.45, 2.75) is 76.5 Å². The van der Waals surface area contributed by atoms with Gasteiger partial charge in [0, 0.05) is 31.4 Å². The summed E-state index contributed by atoms with van der Waals surface area (Å²) in [5, 5.41) is 10.9. The molecule has 4 heteroatoms. The first-order valence-electron chi connectivity index (χ1n) is 10.8. The van der Waals surface area contributed by atoms with E-state index in [1.165, 1.54) is 31.4 Å². The molecular formula is C23H37ClN2O. The summed E-state index contributed by atoms with van der Waals surface area (Å²) in [5.41, 5.74) is 1.25. The quantitative estimate of drug-likeness (QED) is 0.805. The number of halogens is 1. The van der Waals surface area contributed by atoms with E-state index in [1.807, 2.05) is 0 Å². The fourth-order valence-electron chi connectivity index (χ4n) is 5.93. The van der Waals surface area contributed by atoms with Crippen molar-refractivity contribution in [3.05, 3.63) is 30.3 Å². The predicted octanol–water partition coefficient (Wildman–Crippen LogP) is 4.73. The average molecular weight is 393 g/mol. The molecule has 1 spiro atoms. The van der Waals surface area contributed by atoms with Crippen LogP contribution in [-0.2, 0) is 0 Å². The molecule has 2 heterocycles. The van der Waals surface area contributed by atoms with Crippen LogP contribution in [0.25, 0.3) is 0 Å². The van der Waals surface area contributed by atoms with Gasteiger partial charge in [-0.1, -0.05) is 32.0 Å². The first-order valence-corrected chi connectivity index (χ1v) is 10.8. The highest BCUT2D eigenvalue weighted by atomic mass is 35.5.